The van der Waals surface area contributed by atoms with Gasteiger partial charge in [-0.15, -0.1) is 0 Å². The van der Waals surface area contributed by atoms with Gasteiger partial charge in [-0.1, -0.05) is 0 Å². The zero-order valence-corrected chi connectivity index (χ0v) is 11.7. The minimum atomic E-state index is -0.437. The Hall–Kier alpha value is -1.29. The first-order valence-corrected chi connectivity index (χ1v) is 6.05. The molecule has 0 fully saturated rings. The summed E-state index contributed by atoms with van der Waals surface area (Å²) in [5.41, 5.74) is 6.28. The molecule has 0 aliphatic rings. The zero-order valence-electron chi connectivity index (χ0n) is 11.7. The summed E-state index contributed by atoms with van der Waals surface area (Å²) in [6.45, 7) is 7.62. The number of halogens is 1. The second kappa shape index (κ2) is 5.57. The molecule has 0 unspecified atom stereocenters. The third-order valence-electron chi connectivity index (χ3n) is 2.32. The van der Waals surface area contributed by atoms with Gasteiger partial charge in [0.1, 0.15) is 5.82 Å². The number of hydrogen-bond donors (Lipinski definition) is 1. The molecule has 2 N–H and O–H groups in total. The van der Waals surface area contributed by atoms with Gasteiger partial charge < -0.3 is 15.2 Å². The third-order valence-corrected chi connectivity index (χ3v) is 2.32. The lowest BCUT2D eigenvalue weighted by Gasteiger charge is -2.23. The van der Waals surface area contributed by atoms with Crippen LogP contribution in [0.25, 0.3) is 0 Å². The highest BCUT2D eigenvalue weighted by atomic mass is 19.1. The van der Waals surface area contributed by atoms with Crippen LogP contribution in [-0.2, 0) is 6.42 Å². The number of nitrogens with two attached hydrogens (primary N) is 1. The summed E-state index contributed by atoms with van der Waals surface area (Å²) in [7, 11) is 1.50. The monoisotopic (exact) mass is 255 g/mol. The second-order valence-corrected chi connectivity index (χ2v) is 5.43. The number of methoxy groups -OCH3 is 1. The largest absolute Gasteiger partial charge is 0.493 e. The second-order valence-electron chi connectivity index (χ2n) is 5.43. The van der Waals surface area contributed by atoms with Crippen LogP contribution in [0.4, 0.5) is 4.39 Å². The fourth-order valence-electron chi connectivity index (χ4n) is 1.77. The lowest BCUT2D eigenvalue weighted by molar-refractivity contribution is 0.226. The SMILES string of the molecule is COc1cc(F)cc(CC(C)(C)N)c1OC(C)C. The Bertz CT molecular complexity index is 411. The van der Waals surface area contributed by atoms with E-state index in [2.05, 4.69) is 0 Å². The van der Waals surface area contributed by atoms with E-state index < -0.39 is 5.54 Å². The summed E-state index contributed by atoms with van der Waals surface area (Å²) >= 11 is 0. The molecule has 0 aliphatic heterocycles. The van der Waals surface area contributed by atoms with Crippen LogP contribution < -0.4 is 15.2 Å². The minimum absolute atomic E-state index is 0.0102. The van der Waals surface area contributed by atoms with E-state index in [0.717, 1.165) is 5.56 Å². The van der Waals surface area contributed by atoms with Crippen LogP contribution in [0.2, 0.25) is 0 Å². The van der Waals surface area contributed by atoms with Crippen molar-refractivity contribution in [2.75, 3.05) is 7.11 Å². The Morgan fingerprint density at radius 1 is 1.33 bits per heavy atom. The molecule has 0 bridgehead atoms. The van der Waals surface area contributed by atoms with Crippen LogP contribution in [0.5, 0.6) is 11.5 Å². The van der Waals surface area contributed by atoms with Gasteiger partial charge in [-0.25, -0.2) is 4.39 Å². The van der Waals surface area contributed by atoms with Gasteiger partial charge in [-0.2, -0.15) is 0 Å². The van der Waals surface area contributed by atoms with E-state index in [0.29, 0.717) is 17.9 Å². The van der Waals surface area contributed by atoms with Crippen molar-refractivity contribution in [2.45, 2.75) is 45.8 Å². The van der Waals surface area contributed by atoms with Crippen molar-refractivity contribution in [3.8, 4) is 11.5 Å². The van der Waals surface area contributed by atoms with Crippen molar-refractivity contribution in [3.05, 3.63) is 23.5 Å². The van der Waals surface area contributed by atoms with Crippen molar-refractivity contribution >= 4 is 0 Å². The molecule has 0 aromatic heterocycles. The highest BCUT2D eigenvalue weighted by Crippen LogP contribution is 2.34. The lowest BCUT2D eigenvalue weighted by Crippen LogP contribution is -2.34. The quantitative estimate of drug-likeness (QED) is 0.879. The van der Waals surface area contributed by atoms with E-state index in [9.17, 15) is 4.39 Å². The molecule has 1 rings (SSSR count). The average Bonchev–Trinajstić information content (AvgIpc) is 2.18. The fourth-order valence-corrected chi connectivity index (χ4v) is 1.77. The normalized spacial score (nSPS) is 11.8. The topological polar surface area (TPSA) is 44.5 Å². The smallest absolute Gasteiger partial charge is 0.164 e. The van der Waals surface area contributed by atoms with Gasteiger partial charge in [-0.05, 0) is 40.2 Å². The molecular formula is C14H22FNO2. The minimum Gasteiger partial charge on any atom is -0.493 e. The number of hydrogen-bond acceptors (Lipinski definition) is 3. The molecule has 0 saturated heterocycles. The lowest BCUT2D eigenvalue weighted by atomic mass is 9.95. The van der Waals surface area contributed by atoms with Gasteiger partial charge in [0.2, 0.25) is 0 Å². The van der Waals surface area contributed by atoms with E-state index in [1.807, 2.05) is 27.7 Å². The highest BCUT2D eigenvalue weighted by Gasteiger charge is 2.20. The summed E-state index contributed by atoms with van der Waals surface area (Å²) in [4.78, 5) is 0. The van der Waals surface area contributed by atoms with Gasteiger partial charge >= 0.3 is 0 Å². The molecule has 102 valence electrons. The predicted octanol–water partition coefficient (Wildman–Crippen LogP) is 2.90. The molecule has 0 heterocycles. The molecule has 3 nitrogen and oxygen atoms in total. The Labute approximate surface area is 108 Å². The van der Waals surface area contributed by atoms with Gasteiger partial charge in [0.05, 0.1) is 13.2 Å². The van der Waals surface area contributed by atoms with E-state index >= 15 is 0 Å². The van der Waals surface area contributed by atoms with E-state index in [4.69, 9.17) is 15.2 Å². The number of ether oxygens (including phenoxy) is 2. The van der Waals surface area contributed by atoms with E-state index in [-0.39, 0.29) is 11.9 Å². The Balaban J connectivity index is 3.23. The maximum Gasteiger partial charge on any atom is 0.164 e. The first-order valence-electron chi connectivity index (χ1n) is 6.05. The van der Waals surface area contributed by atoms with Crippen LogP contribution in [0, 0.1) is 5.82 Å². The molecule has 0 radical (unpaired) electrons. The predicted molar refractivity (Wildman–Crippen MR) is 70.7 cm³/mol. The summed E-state index contributed by atoms with van der Waals surface area (Å²) in [5, 5.41) is 0. The van der Waals surface area contributed by atoms with Crippen molar-refractivity contribution in [2.24, 2.45) is 5.73 Å². The van der Waals surface area contributed by atoms with Crippen LogP contribution >= 0.6 is 0 Å². The first-order chi connectivity index (χ1) is 8.23. The first kappa shape index (κ1) is 14.8. The maximum atomic E-state index is 13.5. The van der Waals surface area contributed by atoms with E-state index in [1.54, 1.807) is 0 Å². The molecule has 0 amide bonds. The molecule has 0 atom stereocenters. The van der Waals surface area contributed by atoms with Crippen LogP contribution in [0.15, 0.2) is 12.1 Å². The summed E-state index contributed by atoms with van der Waals surface area (Å²) in [6.07, 6.45) is 0.507. The summed E-state index contributed by atoms with van der Waals surface area (Å²) in [6, 6.07) is 2.78. The molecule has 1 aromatic carbocycles. The fraction of sp³-hybridized carbons (Fsp3) is 0.571. The maximum absolute atomic E-state index is 13.5. The zero-order chi connectivity index (χ0) is 13.9. The standard InChI is InChI=1S/C14H22FNO2/c1-9(2)18-13-10(8-14(3,4)16)6-11(15)7-12(13)17-5/h6-7,9H,8,16H2,1-5H3. The molecule has 0 spiro atoms. The van der Waals surface area contributed by atoms with Crippen LogP contribution in [0.1, 0.15) is 33.3 Å². The molecule has 4 heteroatoms. The number of benzene rings is 1. The average molecular weight is 255 g/mol. The summed E-state index contributed by atoms with van der Waals surface area (Å²) < 4.78 is 24.4. The molecular weight excluding hydrogens is 233 g/mol. The van der Waals surface area contributed by atoms with Gasteiger partial charge in [-0.3, -0.25) is 0 Å². The molecule has 0 saturated carbocycles. The summed E-state index contributed by atoms with van der Waals surface area (Å²) in [5.74, 6) is 0.637. The van der Waals surface area contributed by atoms with Crippen molar-refractivity contribution in [3.63, 3.8) is 0 Å². The Morgan fingerprint density at radius 3 is 2.39 bits per heavy atom. The number of rotatable bonds is 5. The van der Waals surface area contributed by atoms with Crippen LogP contribution in [-0.4, -0.2) is 18.8 Å². The Kier molecular flexibility index (Phi) is 4.57. The van der Waals surface area contributed by atoms with Gasteiger partial charge in [0.25, 0.3) is 0 Å². The van der Waals surface area contributed by atoms with E-state index in [1.165, 1.54) is 19.2 Å². The van der Waals surface area contributed by atoms with Crippen molar-refractivity contribution in [1.82, 2.24) is 0 Å². The molecule has 1 aromatic rings. The third kappa shape index (κ3) is 4.18. The van der Waals surface area contributed by atoms with Crippen molar-refractivity contribution < 1.29 is 13.9 Å². The molecule has 18 heavy (non-hydrogen) atoms. The van der Waals surface area contributed by atoms with Crippen molar-refractivity contribution in [1.29, 1.82) is 0 Å². The highest BCUT2D eigenvalue weighted by molar-refractivity contribution is 5.48. The Morgan fingerprint density at radius 2 is 1.94 bits per heavy atom. The van der Waals surface area contributed by atoms with Gasteiger partial charge in [0, 0.05) is 17.2 Å². The van der Waals surface area contributed by atoms with Crippen LogP contribution in [0.3, 0.4) is 0 Å². The molecule has 0 aliphatic carbocycles. The van der Waals surface area contributed by atoms with Gasteiger partial charge in [0.15, 0.2) is 11.5 Å².